The Balaban J connectivity index is 2.91. The molecule has 0 aliphatic heterocycles. The van der Waals surface area contributed by atoms with E-state index in [4.69, 9.17) is 4.74 Å². The van der Waals surface area contributed by atoms with E-state index in [1.807, 2.05) is 26.0 Å². The molecule has 0 spiro atoms. The highest BCUT2D eigenvalue weighted by Crippen LogP contribution is 2.34. The molecule has 1 rings (SSSR count). The maximum Gasteiger partial charge on any atom is 0.148 e. The van der Waals surface area contributed by atoms with Crippen LogP contribution in [0.2, 0.25) is 0 Å². The van der Waals surface area contributed by atoms with Crippen molar-refractivity contribution >= 4 is 31.9 Å². The third-order valence-electron chi connectivity index (χ3n) is 1.61. The number of rotatable bonds is 3. The maximum atomic E-state index is 5.59. The molecule has 0 amide bonds. The summed E-state index contributed by atoms with van der Waals surface area (Å²) in [6.45, 7) is 8.31. The van der Waals surface area contributed by atoms with Crippen molar-refractivity contribution < 1.29 is 4.74 Å². The molecule has 76 valence electrons. The molecule has 3 heteroatoms. The van der Waals surface area contributed by atoms with Gasteiger partial charge < -0.3 is 4.74 Å². The topological polar surface area (TPSA) is 9.23 Å². The Morgan fingerprint density at radius 2 is 1.86 bits per heavy atom. The second-order valence-corrected chi connectivity index (χ2v) is 5.01. The summed E-state index contributed by atoms with van der Waals surface area (Å²) in [4.78, 5) is 0. The van der Waals surface area contributed by atoms with Crippen LogP contribution in [0.4, 0.5) is 0 Å². The third-order valence-corrected chi connectivity index (χ3v) is 2.78. The number of hydrogen-bond acceptors (Lipinski definition) is 1. The van der Waals surface area contributed by atoms with Gasteiger partial charge in [-0.1, -0.05) is 6.58 Å². The summed E-state index contributed by atoms with van der Waals surface area (Å²) < 4.78 is 7.52. The van der Waals surface area contributed by atoms with Gasteiger partial charge in [0.15, 0.2) is 0 Å². The van der Waals surface area contributed by atoms with Crippen LogP contribution in [0.5, 0.6) is 5.75 Å². The van der Waals surface area contributed by atoms with Gasteiger partial charge in [0.05, 0.1) is 8.95 Å². The predicted molar refractivity (Wildman–Crippen MR) is 66.9 cm³/mol. The Morgan fingerprint density at radius 3 is 2.29 bits per heavy atom. The van der Waals surface area contributed by atoms with Crippen molar-refractivity contribution in [3.05, 3.63) is 38.8 Å². The monoisotopic (exact) mass is 318 g/mol. The normalized spacial score (nSPS) is 10.0. The van der Waals surface area contributed by atoms with E-state index in [2.05, 4.69) is 38.4 Å². The minimum atomic E-state index is 0.542. The average molecular weight is 320 g/mol. The summed E-state index contributed by atoms with van der Waals surface area (Å²) >= 11 is 6.93. The Morgan fingerprint density at radius 1 is 1.36 bits per heavy atom. The van der Waals surface area contributed by atoms with Gasteiger partial charge in [-0.15, -0.1) is 0 Å². The van der Waals surface area contributed by atoms with Crippen LogP contribution in [0, 0.1) is 6.92 Å². The molecule has 0 bridgehead atoms. The first kappa shape index (κ1) is 11.8. The summed E-state index contributed by atoms with van der Waals surface area (Å²) in [5.74, 6) is 0.832. The van der Waals surface area contributed by atoms with Crippen molar-refractivity contribution in [1.82, 2.24) is 0 Å². The van der Waals surface area contributed by atoms with Gasteiger partial charge in [0.1, 0.15) is 12.4 Å². The van der Waals surface area contributed by atoms with Gasteiger partial charge in [-0.3, -0.25) is 0 Å². The minimum Gasteiger partial charge on any atom is -0.487 e. The van der Waals surface area contributed by atoms with Crippen LogP contribution in [0.3, 0.4) is 0 Å². The van der Waals surface area contributed by atoms with Gasteiger partial charge in [-0.2, -0.15) is 0 Å². The molecule has 0 aliphatic carbocycles. The lowest BCUT2D eigenvalue weighted by molar-refractivity contribution is 0.348. The Bertz CT molecular complexity index is 335. The molecule has 0 unspecified atom stereocenters. The molecule has 0 aliphatic rings. The zero-order chi connectivity index (χ0) is 10.7. The van der Waals surface area contributed by atoms with Gasteiger partial charge in [0, 0.05) is 0 Å². The first-order chi connectivity index (χ1) is 6.50. The van der Waals surface area contributed by atoms with Crippen molar-refractivity contribution in [2.24, 2.45) is 0 Å². The Kier molecular flexibility index (Phi) is 4.20. The fourth-order valence-electron chi connectivity index (χ4n) is 1.02. The van der Waals surface area contributed by atoms with Crippen LogP contribution in [0.25, 0.3) is 0 Å². The molecule has 0 N–H and O–H groups in total. The van der Waals surface area contributed by atoms with E-state index in [9.17, 15) is 0 Å². The summed E-state index contributed by atoms with van der Waals surface area (Å²) in [5.41, 5.74) is 2.19. The van der Waals surface area contributed by atoms with Gasteiger partial charge in [-0.25, -0.2) is 0 Å². The van der Waals surface area contributed by atoms with Crippen molar-refractivity contribution in [3.8, 4) is 5.75 Å². The first-order valence-electron chi connectivity index (χ1n) is 4.23. The van der Waals surface area contributed by atoms with E-state index in [1.165, 1.54) is 5.56 Å². The number of ether oxygens (including phenoxy) is 1. The van der Waals surface area contributed by atoms with E-state index < -0.39 is 0 Å². The van der Waals surface area contributed by atoms with Crippen molar-refractivity contribution in [1.29, 1.82) is 0 Å². The van der Waals surface area contributed by atoms with Crippen molar-refractivity contribution in [2.45, 2.75) is 13.8 Å². The first-order valence-corrected chi connectivity index (χ1v) is 5.82. The zero-order valence-corrected chi connectivity index (χ0v) is 11.4. The molecular formula is C11H12Br2O. The summed E-state index contributed by atoms with van der Waals surface area (Å²) in [6.07, 6.45) is 0. The summed E-state index contributed by atoms with van der Waals surface area (Å²) in [5, 5.41) is 0. The number of hydrogen-bond donors (Lipinski definition) is 0. The summed E-state index contributed by atoms with van der Waals surface area (Å²) in [6, 6.07) is 4.05. The Hall–Kier alpha value is -0.280. The Labute approximate surface area is 101 Å². The van der Waals surface area contributed by atoms with Gasteiger partial charge in [-0.05, 0) is 69.0 Å². The quantitative estimate of drug-likeness (QED) is 0.747. The number of halogens is 2. The van der Waals surface area contributed by atoms with E-state index in [0.29, 0.717) is 6.61 Å². The molecule has 0 saturated heterocycles. The second-order valence-electron chi connectivity index (χ2n) is 3.30. The van der Waals surface area contributed by atoms with Crippen molar-refractivity contribution in [2.75, 3.05) is 6.61 Å². The van der Waals surface area contributed by atoms with Gasteiger partial charge in [0.2, 0.25) is 0 Å². The molecule has 1 aromatic carbocycles. The highest BCUT2D eigenvalue weighted by Gasteiger charge is 2.07. The highest BCUT2D eigenvalue weighted by molar-refractivity contribution is 9.11. The number of aryl methyl sites for hydroxylation is 1. The largest absolute Gasteiger partial charge is 0.487 e. The van der Waals surface area contributed by atoms with Crippen LogP contribution in [0.15, 0.2) is 33.2 Å². The fraction of sp³-hybridized carbons (Fsp3) is 0.273. The second kappa shape index (κ2) is 4.99. The molecule has 0 saturated carbocycles. The molecule has 0 fully saturated rings. The molecule has 0 atom stereocenters. The van der Waals surface area contributed by atoms with Crippen molar-refractivity contribution in [3.63, 3.8) is 0 Å². The van der Waals surface area contributed by atoms with E-state index in [1.54, 1.807) is 0 Å². The van der Waals surface area contributed by atoms with E-state index in [0.717, 1.165) is 20.3 Å². The maximum absolute atomic E-state index is 5.59. The molecule has 0 radical (unpaired) electrons. The average Bonchev–Trinajstić information content (AvgIpc) is 2.01. The lowest BCUT2D eigenvalue weighted by Crippen LogP contribution is -1.99. The van der Waals surface area contributed by atoms with Crippen LogP contribution in [-0.4, -0.2) is 6.61 Å². The number of benzene rings is 1. The van der Waals surface area contributed by atoms with E-state index in [-0.39, 0.29) is 0 Å². The van der Waals surface area contributed by atoms with Gasteiger partial charge >= 0.3 is 0 Å². The molecule has 0 heterocycles. The molecule has 1 aromatic rings. The highest BCUT2D eigenvalue weighted by atomic mass is 79.9. The predicted octanol–water partition coefficient (Wildman–Crippen LogP) is 4.47. The van der Waals surface area contributed by atoms with Crippen LogP contribution in [-0.2, 0) is 0 Å². The van der Waals surface area contributed by atoms with Gasteiger partial charge in [0.25, 0.3) is 0 Å². The zero-order valence-electron chi connectivity index (χ0n) is 8.23. The van der Waals surface area contributed by atoms with E-state index >= 15 is 0 Å². The van der Waals surface area contributed by atoms with Crippen LogP contribution < -0.4 is 4.74 Å². The standard InChI is InChI=1S/C11H12Br2O/c1-7(2)6-14-11-9(12)4-8(3)5-10(11)13/h4-5H,1,6H2,2-3H3. The smallest absolute Gasteiger partial charge is 0.148 e. The lowest BCUT2D eigenvalue weighted by atomic mass is 10.2. The summed E-state index contributed by atoms with van der Waals surface area (Å²) in [7, 11) is 0. The third kappa shape index (κ3) is 3.14. The van der Waals surface area contributed by atoms with Crippen LogP contribution >= 0.6 is 31.9 Å². The molecule has 0 aromatic heterocycles. The molecule has 14 heavy (non-hydrogen) atoms. The molecular weight excluding hydrogens is 308 g/mol. The minimum absolute atomic E-state index is 0.542. The SMILES string of the molecule is C=C(C)COc1c(Br)cc(C)cc1Br. The lowest BCUT2D eigenvalue weighted by Gasteiger charge is -2.10. The fourth-order valence-corrected chi connectivity index (χ4v) is 2.66. The molecule has 1 nitrogen and oxygen atoms in total. The van der Waals surface area contributed by atoms with Crippen LogP contribution in [0.1, 0.15) is 12.5 Å².